The second-order valence-corrected chi connectivity index (χ2v) is 4.59. The zero-order valence-electron chi connectivity index (χ0n) is 9.41. The van der Waals surface area contributed by atoms with Crippen LogP contribution < -0.4 is 5.32 Å². The smallest absolute Gasteiger partial charge is 0.129 e. The van der Waals surface area contributed by atoms with Gasteiger partial charge in [-0.1, -0.05) is 27.7 Å². The molecule has 0 saturated carbocycles. The lowest BCUT2D eigenvalue weighted by atomic mass is 9.81. The van der Waals surface area contributed by atoms with Gasteiger partial charge in [0.25, 0.3) is 0 Å². The van der Waals surface area contributed by atoms with Crippen molar-refractivity contribution < 1.29 is 0 Å². The minimum Gasteiger partial charge on any atom is -0.369 e. The van der Waals surface area contributed by atoms with Crippen LogP contribution in [0.25, 0.3) is 0 Å². The monoisotopic (exact) mass is 193 g/mol. The van der Waals surface area contributed by atoms with E-state index in [-0.39, 0.29) is 5.41 Å². The molecule has 0 aliphatic carbocycles. The Morgan fingerprint density at radius 2 is 2.14 bits per heavy atom. The molecule has 14 heavy (non-hydrogen) atoms. The first-order valence-corrected chi connectivity index (χ1v) is 5.02. The van der Waals surface area contributed by atoms with Crippen molar-refractivity contribution in [2.45, 2.75) is 27.7 Å². The average Bonchev–Trinajstić information content (AvgIpc) is 2.16. The van der Waals surface area contributed by atoms with Crippen molar-refractivity contribution >= 4 is 5.82 Å². The molecule has 0 atom stereocenters. The lowest BCUT2D eigenvalue weighted by Gasteiger charge is -2.29. The predicted octanol–water partition coefficient (Wildman–Crippen LogP) is 2.57. The van der Waals surface area contributed by atoms with Crippen molar-refractivity contribution in [3.05, 3.63) is 18.6 Å². The molecule has 0 fully saturated rings. The van der Waals surface area contributed by atoms with Crippen LogP contribution in [0.5, 0.6) is 0 Å². The summed E-state index contributed by atoms with van der Waals surface area (Å²) in [5.41, 5.74) is 0.283. The fourth-order valence-corrected chi connectivity index (χ4v) is 0.918. The van der Waals surface area contributed by atoms with Gasteiger partial charge in [0.2, 0.25) is 0 Å². The van der Waals surface area contributed by atoms with Crippen molar-refractivity contribution in [2.24, 2.45) is 11.3 Å². The molecule has 1 rings (SSSR count). The van der Waals surface area contributed by atoms with Crippen molar-refractivity contribution in [3.63, 3.8) is 0 Å². The van der Waals surface area contributed by atoms with Gasteiger partial charge in [-0.15, -0.1) is 0 Å². The molecule has 3 heteroatoms. The van der Waals surface area contributed by atoms with Gasteiger partial charge in [0.15, 0.2) is 0 Å². The number of hydrogen-bond acceptors (Lipinski definition) is 3. The van der Waals surface area contributed by atoms with Crippen molar-refractivity contribution in [3.8, 4) is 0 Å². The van der Waals surface area contributed by atoms with Crippen LogP contribution >= 0.6 is 0 Å². The van der Waals surface area contributed by atoms with E-state index in [0.29, 0.717) is 5.92 Å². The van der Waals surface area contributed by atoms with Crippen LogP contribution in [-0.2, 0) is 0 Å². The van der Waals surface area contributed by atoms with Crippen LogP contribution in [0.2, 0.25) is 0 Å². The van der Waals surface area contributed by atoms with Crippen molar-refractivity contribution in [2.75, 3.05) is 11.9 Å². The topological polar surface area (TPSA) is 37.8 Å². The molecule has 0 aliphatic heterocycles. The molecular weight excluding hydrogens is 174 g/mol. The van der Waals surface area contributed by atoms with E-state index in [1.807, 2.05) is 6.07 Å². The van der Waals surface area contributed by atoms with Gasteiger partial charge < -0.3 is 5.32 Å². The van der Waals surface area contributed by atoms with Crippen LogP contribution in [0.1, 0.15) is 27.7 Å². The summed E-state index contributed by atoms with van der Waals surface area (Å²) in [6.45, 7) is 9.92. The first kappa shape index (κ1) is 11.0. The van der Waals surface area contributed by atoms with E-state index in [1.54, 1.807) is 12.5 Å². The van der Waals surface area contributed by atoms with Gasteiger partial charge in [-0.3, -0.25) is 0 Å². The normalized spacial score (nSPS) is 11.8. The first-order chi connectivity index (χ1) is 6.52. The summed E-state index contributed by atoms with van der Waals surface area (Å²) >= 11 is 0. The Kier molecular flexibility index (Phi) is 3.44. The quantitative estimate of drug-likeness (QED) is 0.798. The summed E-state index contributed by atoms with van der Waals surface area (Å²) in [7, 11) is 0. The predicted molar refractivity (Wildman–Crippen MR) is 59.1 cm³/mol. The fourth-order valence-electron chi connectivity index (χ4n) is 0.918. The van der Waals surface area contributed by atoms with Crippen LogP contribution in [0.4, 0.5) is 5.82 Å². The minimum atomic E-state index is 0.283. The Labute approximate surface area is 86.0 Å². The SMILES string of the molecule is CC(C)C(C)(C)CNc1ccncn1. The second-order valence-electron chi connectivity index (χ2n) is 4.59. The van der Waals surface area contributed by atoms with E-state index in [2.05, 4.69) is 43.0 Å². The Bertz CT molecular complexity index is 267. The van der Waals surface area contributed by atoms with E-state index in [4.69, 9.17) is 0 Å². The molecule has 0 amide bonds. The third kappa shape index (κ3) is 2.98. The van der Waals surface area contributed by atoms with Gasteiger partial charge in [0.05, 0.1) is 0 Å². The van der Waals surface area contributed by atoms with E-state index < -0.39 is 0 Å². The molecule has 0 spiro atoms. The highest BCUT2D eigenvalue weighted by Gasteiger charge is 2.21. The fraction of sp³-hybridized carbons (Fsp3) is 0.636. The molecular formula is C11H19N3. The Morgan fingerprint density at radius 3 is 2.64 bits per heavy atom. The molecule has 1 aromatic heterocycles. The molecule has 0 bridgehead atoms. The van der Waals surface area contributed by atoms with E-state index in [9.17, 15) is 0 Å². The third-order valence-electron chi connectivity index (χ3n) is 2.87. The average molecular weight is 193 g/mol. The molecule has 0 radical (unpaired) electrons. The number of hydrogen-bond donors (Lipinski definition) is 1. The summed E-state index contributed by atoms with van der Waals surface area (Å²) < 4.78 is 0. The molecule has 0 aliphatic rings. The van der Waals surface area contributed by atoms with Gasteiger partial charge in [0, 0.05) is 12.7 Å². The molecule has 0 saturated heterocycles. The highest BCUT2D eigenvalue weighted by atomic mass is 15.0. The zero-order chi connectivity index (χ0) is 10.6. The molecule has 1 N–H and O–H groups in total. The largest absolute Gasteiger partial charge is 0.369 e. The molecule has 1 aromatic rings. The number of anilines is 1. The van der Waals surface area contributed by atoms with Crippen LogP contribution in [0, 0.1) is 11.3 Å². The molecule has 0 unspecified atom stereocenters. The summed E-state index contributed by atoms with van der Waals surface area (Å²) in [5, 5.41) is 3.32. The standard InChI is InChI=1S/C11H19N3/c1-9(2)11(3,4)7-13-10-5-6-12-8-14-10/h5-6,8-9H,7H2,1-4H3,(H,12,13,14). The van der Waals surface area contributed by atoms with Gasteiger partial charge >= 0.3 is 0 Å². The van der Waals surface area contributed by atoms with Gasteiger partial charge in [0.1, 0.15) is 12.1 Å². The van der Waals surface area contributed by atoms with Crippen molar-refractivity contribution in [1.29, 1.82) is 0 Å². The molecule has 0 aromatic carbocycles. The Balaban J connectivity index is 2.49. The molecule has 3 nitrogen and oxygen atoms in total. The maximum Gasteiger partial charge on any atom is 0.129 e. The maximum absolute atomic E-state index is 4.12. The minimum absolute atomic E-state index is 0.283. The lowest BCUT2D eigenvalue weighted by molar-refractivity contribution is 0.269. The Hall–Kier alpha value is -1.12. The highest BCUT2D eigenvalue weighted by molar-refractivity contribution is 5.31. The number of nitrogens with one attached hydrogen (secondary N) is 1. The number of nitrogens with zero attached hydrogens (tertiary/aromatic N) is 2. The zero-order valence-corrected chi connectivity index (χ0v) is 9.41. The maximum atomic E-state index is 4.12. The number of rotatable bonds is 4. The van der Waals surface area contributed by atoms with E-state index >= 15 is 0 Å². The summed E-state index contributed by atoms with van der Waals surface area (Å²) in [5.74, 6) is 1.55. The highest BCUT2D eigenvalue weighted by Crippen LogP contribution is 2.25. The van der Waals surface area contributed by atoms with Gasteiger partial charge in [-0.25, -0.2) is 9.97 Å². The molecule has 1 heterocycles. The Morgan fingerprint density at radius 1 is 1.43 bits per heavy atom. The van der Waals surface area contributed by atoms with Gasteiger partial charge in [-0.05, 0) is 17.4 Å². The second kappa shape index (κ2) is 4.40. The van der Waals surface area contributed by atoms with E-state index in [0.717, 1.165) is 12.4 Å². The lowest BCUT2D eigenvalue weighted by Crippen LogP contribution is -2.28. The van der Waals surface area contributed by atoms with Gasteiger partial charge in [-0.2, -0.15) is 0 Å². The summed E-state index contributed by atoms with van der Waals surface area (Å²) in [6, 6.07) is 1.89. The third-order valence-corrected chi connectivity index (χ3v) is 2.87. The van der Waals surface area contributed by atoms with Crippen molar-refractivity contribution in [1.82, 2.24) is 9.97 Å². The molecule has 78 valence electrons. The van der Waals surface area contributed by atoms with Crippen LogP contribution in [-0.4, -0.2) is 16.5 Å². The van der Waals surface area contributed by atoms with Crippen LogP contribution in [0.3, 0.4) is 0 Å². The first-order valence-electron chi connectivity index (χ1n) is 5.02. The summed E-state index contributed by atoms with van der Waals surface area (Å²) in [6.07, 6.45) is 3.31. The number of aromatic nitrogens is 2. The van der Waals surface area contributed by atoms with E-state index in [1.165, 1.54) is 0 Å². The summed E-state index contributed by atoms with van der Waals surface area (Å²) in [4.78, 5) is 7.99. The van der Waals surface area contributed by atoms with Crippen LogP contribution in [0.15, 0.2) is 18.6 Å².